The molecule has 3 N–H and O–H groups in total. The number of H-pyrrole nitrogens is 2. The molecule has 0 bridgehead atoms. The summed E-state index contributed by atoms with van der Waals surface area (Å²) in [5, 5.41) is 10.6. The minimum absolute atomic E-state index is 0.0722. The molecule has 5 aromatic rings. The van der Waals surface area contributed by atoms with Crippen molar-refractivity contribution in [3.8, 4) is 17.6 Å². The second-order valence-corrected chi connectivity index (χ2v) is 18.9. The number of aromatic amines is 2. The molecule has 2 aliphatic heterocycles. The molecule has 2 aliphatic rings. The lowest BCUT2D eigenvalue weighted by atomic mass is 9.80. The Morgan fingerprint density at radius 2 is 1.33 bits per heavy atom. The molecule has 0 aliphatic carbocycles. The number of rotatable bonds is 22. The fourth-order valence-corrected chi connectivity index (χ4v) is 10.6. The maximum Gasteiger partial charge on any atom is 0.330 e. The van der Waals surface area contributed by atoms with Crippen molar-refractivity contribution >= 4 is 8.53 Å². The second-order valence-electron chi connectivity index (χ2n) is 17.7. The van der Waals surface area contributed by atoms with E-state index in [1.807, 2.05) is 82.3 Å². The van der Waals surface area contributed by atoms with E-state index in [2.05, 4.69) is 16.0 Å². The van der Waals surface area contributed by atoms with Gasteiger partial charge in [-0.15, -0.1) is 0 Å². The molecule has 3 aromatic carbocycles. The molecule has 72 heavy (non-hydrogen) atoms. The number of benzene rings is 3. The van der Waals surface area contributed by atoms with Crippen LogP contribution in [0.15, 0.2) is 135 Å². The van der Waals surface area contributed by atoms with Crippen LogP contribution in [0.5, 0.6) is 11.5 Å². The van der Waals surface area contributed by atoms with Crippen molar-refractivity contribution < 1.29 is 47.0 Å². The number of nitrogens with zero attached hydrogens (tertiary/aromatic N) is 4. The maximum atomic E-state index is 17.1. The van der Waals surface area contributed by atoms with Gasteiger partial charge in [-0.2, -0.15) is 5.26 Å². The number of ether oxygens (including phenoxy) is 7. The highest BCUT2D eigenvalue weighted by molar-refractivity contribution is 7.43. The zero-order chi connectivity index (χ0) is 51.7. The first-order valence-electron chi connectivity index (χ1n) is 23.3. The van der Waals surface area contributed by atoms with E-state index in [0.29, 0.717) is 22.6 Å². The highest BCUT2D eigenvalue weighted by Gasteiger charge is 2.51. The van der Waals surface area contributed by atoms with E-state index in [0.717, 1.165) is 33.0 Å². The summed E-state index contributed by atoms with van der Waals surface area (Å²) in [6, 6.07) is 28.5. The summed E-state index contributed by atoms with van der Waals surface area (Å²) in [4.78, 5) is 65.9. The quantitative estimate of drug-likeness (QED) is 0.0453. The lowest BCUT2D eigenvalue weighted by Gasteiger charge is -2.37. The van der Waals surface area contributed by atoms with Crippen LogP contribution < -0.4 is 32.0 Å². The predicted octanol–water partition coefficient (Wildman–Crippen LogP) is 5.31. The van der Waals surface area contributed by atoms with Gasteiger partial charge in [0, 0.05) is 49.6 Å². The van der Waals surface area contributed by atoms with E-state index in [1.165, 1.54) is 13.3 Å². The fourth-order valence-electron chi connectivity index (χ4n) is 9.42. The molecule has 4 heterocycles. The van der Waals surface area contributed by atoms with Gasteiger partial charge in [0.15, 0.2) is 18.6 Å². The summed E-state index contributed by atoms with van der Waals surface area (Å²) in [6.07, 6.45) is -3.57. The molecule has 7 rings (SSSR count). The Balaban J connectivity index is 1.21. The molecular formula is C51H60FN6O13P. The number of alkyl halides is 1. The van der Waals surface area contributed by atoms with Gasteiger partial charge in [0.05, 0.1) is 52.1 Å². The molecule has 21 heteroatoms. The smallest absolute Gasteiger partial charge is 0.330 e. The number of nitrogens with one attached hydrogen (secondary N) is 2. The van der Waals surface area contributed by atoms with Crippen LogP contribution in [0.1, 0.15) is 56.8 Å². The van der Waals surface area contributed by atoms with Gasteiger partial charge in [0.25, 0.3) is 19.6 Å². The summed E-state index contributed by atoms with van der Waals surface area (Å²) in [6.45, 7) is 6.89. The number of hydrogen-bond donors (Lipinski definition) is 3. The van der Waals surface area contributed by atoms with E-state index >= 15 is 4.39 Å². The van der Waals surface area contributed by atoms with Gasteiger partial charge in [-0.05, 0) is 68.7 Å². The van der Waals surface area contributed by atoms with Gasteiger partial charge in [0.2, 0.25) is 0 Å². The highest BCUT2D eigenvalue weighted by Crippen LogP contribution is 2.46. The standard InChI is InChI=1S/C51H60FN6O13P/c1-31(2)58(32(3)4)72(63)69-29-33(28-53)43-39(70-48(46(43)66-7)57-26-24-42(60)55-50(57)62)14-11-27-67-45-40(71-47(44(45)52)56-25-23-41(59)54-49(56)61)30-68-51(34-12-9-8-10-13-34,35-15-19-37(64-5)20-16-35)36-17-21-38(65-6)22-18-36/h8-26,31-33,39-40,43-48,63H,27,29-30H2,1-7H3,(H,54,59,61)(H,55,60,62)/b14-11-/t33?,39-,40-,43-,44-,45-,46-,47-,48-,72?/m1/s1. The Morgan fingerprint density at radius 3 is 1.83 bits per heavy atom. The topological polar surface area (TPSA) is 231 Å². The van der Waals surface area contributed by atoms with Crippen LogP contribution in [-0.2, 0) is 33.8 Å². The molecule has 384 valence electrons. The van der Waals surface area contributed by atoms with Crippen molar-refractivity contribution in [3.63, 3.8) is 0 Å². The molecule has 0 saturated carbocycles. The Morgan fingerprint density at radius 1 is 0.792 bits per heavy atom. The highest BCUT2D eigenvalue weighted by atomic mass is 31.2. The van der Waals surface area contributed by atoms with Crippen molar-refractivity contribution in [1.82, 2.24) is 23.8 Å². The lowest BCUT2D eigenvalue weighted by Crippen LogP contribution is -2.40. The normalized spacial score (nSPS) is 23.2. The van der Waals surface area contributed by atoms with Gasteiger partial charge in [0.1, 0.15) is 35.4 Å². The van der Waals surface area contributed by atoms with Crippen LogP contribution in [-0.4, -0.2) is 112 Å². The van der Waals surface area contributed by atoms with Crippen molar-refractivity contribution in [1.29, 1.82) is 5.26 Å². The molecule has 0 amide bonds. The van der Waals surface area contributed by atoms with Crippen LogP contribution in [0.3, 0.4) is 0 Å². The molecule has 2 saturated heterocycles. The predicted molar refractivity (Wildman–Crippen MR) is 263 cm³/mol. The molecule has 2 unspecified atom stereocenters. The molecular weight excluding hydrogens is 955 g/mol. The lowest BCUT2D eigenvalue weighted by molar-refractivity contribution is -0.102. The molecule has 0 spiro atoms. The first-order valence-corrected chi connectivity index (χ1v) is 24.5. The van der Waals surface area contributed by atoms with E-state index in [9.17, 15) is 29.3 Å². The monoisotopic (exact) mass is 1010 g/mol. The number of hydrogen-bond acceptors (Lipinski definition) is 15. The third kappa shape index (κ3) is 11.6. The SMILES string of the molecule is COc1ccc(C(OC[C@H]2O[C@@H](n3ccc(=O)[nH]c3=O)[C@H](F)[C@@H]2OC/C=C\[C@H]2O[C@@H](n3ccc(=O)[nH]c3=O)[C@H](OC)[C@@H]2C(C#N)COP(O)N(C(C)C)C(C)C)(c2ccccc2)c2ccc(OC)cc2)cc1. The third-order valence-electron chi connectivity index (χ3n) is 12.7. The van der Waals surface area contributed by atoms with Crippen LogP contribution in [0.2, 0.25) is 0 Å². The van der Waals surface area contributed by atoms with Crippen molar-refractivity contribution in [3.05, 3.63) is 174 Å². The second kappa shape index (κ2) is 24.1. The van der Waals surface area contributed by atoms with Gasteiger partial charge < -0.3 is 42.6 Å². The zero-order valence-electron chi connectivity index (χ0n) is 40.9. The number of halogens is 1. The summed E-state index contributed by atoms with van der Waals surface area (Å²) in [7, 11) is 2.41. The van der Waals surface area contributed by atoms with Gasteiger partial charge in [-0.1, -0.05) is 66.7 Å². The summed E-state index contributed by atoms with van der Waals surface area (Å²) < 4.78 is 70.0. The first kappa shape index (κ1) is 53.7. The third-order valence-corrected chi connectivity index (χ3v) is 14.4. The maximum absolute atomic E-state index is 17.1. The summed E-state index contributed by atoms with van der Waals surface area (Å²) >= 11 is 0. The van der Waals surface area contributed by atoms with Gasteiger partial charge in [-0.3, -0.25) is 28.7 Å². The van der Waals surface area contributed by atoms with Crippen molar-refractivity contribution in [2.45, 2.75) is 88.4 Å². The van der Waals surface area contributed by atoms with Gasteiger partial charge in [-0.25, -0.2) is 18.6 Å². The van der Waals surface area contributed by atoms with E-state index in [4.69, 9.17) is 37.7 Å². The van der Waals surface area contributed by atoms with Gasteiger partial charge >= 0.3 is 11.4 Å². The minimum Gasteiger partial charge on any atom is -0.497 e. The van der Waals surface area contributed by atoms with Crippen LogP contribution in [0.4, 0.5) is 4.39 Å². The van der Waals surface area contributed by atoms with E-state index in [-0.39, 0.29) is 31.9 Å². The molecule has 0 radical (unpaired) electrons. The first-order chi connectivity index (χ1) is 34.6. The molecule has 19 nitrogen and oxygen atoms in total. The Bertz CT molecular complexity index is 2820. The largest absolute Gasteiger partial charge is 0.497 e. The van der Waals surface area contributed by atoms with E-state index in [1.54, 1.807) is 55.3 Å². The Kier molecular flexibility index (Phi) is 18.0. The van der Waals surface area contributed by atoms with Crippen molar-refractivity contribution in [2.24, 2.45) is 11.8 Å². The minimum atomic E-state index is -2.12. The number of methoxy groups -OCH3 is 3. The van der Waals surface area contributed by atoms with Crippen LogP contribution >= 0.6 is 8.53 Å². The number of nitriles is 1. The number of aromatic nitrogens is 4. The van der Waals surface area contributed by atoms with Crippen LogP contribution in [0, 0.1) is 23.2 Å². The van der Waals surface area contributed by atoms with Crippen molar-refractivity contribution in [2.75, 3.05) is 41.2 Å². The fraction of sp³-hybridized carbons (Fsp3) is 0.431. The molecule has 10 atom stereocenters. The summed E-state index contributed by atoms with van der Waals surface area (Å²) in [5.41, 5.74) is -2.21. The Labute approximate surface area is 416 Å². The molecule has 2 aromatic heterocycles. The van der Waals surface area contributed by atoms with Crippen LogP contribution in [0.25, 0.3) is 0 Å². The average molecular weight is 1020 g/mol. The Hall–Kier alpha value is -6.11. The van der Waals surface area contributed by atoms with E-state index < -0.39 is 91.5 Å². The average Bonchev–Trinajstić information content (AvgIpc) is 3.89. The zero-order valence-corrected chi connectivity index (χ0v) is 41.8. The summed E-state index contributed by atoms with van der Waals surface area (Å²) in [5.74, 6) is -0.577. The molecule has 2 fully saturated rings.